The van der Waals surface area contributed by atoms with Crippen LogP contribution in [0.25, 0.3) is 10.6 Å². The normalized spacial score (nSPS) is 19.0. The Morgan fingerprint density at radius 1 is 1.41 bits per heavy atom. The van der Waals surface area contributed by atoms with Crippen LogP contribution in [0, 0.1) is 6.92 Å². The zero-order valence-electron chi connectivity index (χ0n) is 12.5. The Balaban J connectivity index is 1.50. The van der Waals surface area contributed by atoms with E-state index in [1.165, 1.54) is 16.2 Å². The lowest BCUT2D eigenvalue weighted by Gasteiger charge is -2.21. The van der Waals surface area contributed by atoms with Gasteiger partial charge in [-0.1, -0.05) is 5.16 Å². The zero-order chi connectivity index (χ0) is 14.9. The molecule has 22 heavy (non-hydrogen) atoms. The van der Waals surface area contributed by atoms with Crippen LogP contribution in [0.15, 0.2) is 35.0 Å². The van der Waals surface area contributed by atoms with E-state index in [0.717, 1.165) is 36.7 Å². The third kappa shape index (κ3) is 2.60. The first-order valence-electron chi connectivity index (χ1n) is 7.55. The predicted molar refractivity (Wildman–Crippen MR) is 85.5 cm³/mol. The Bertz CT molecular complexity index is 746. The van der Waals surface area contributed by atoms with Crippen LogP contribution >= 0.6 is 11.3 Å². The molecule has 114 valence electrons. The van der Waals surface area contributed by atoms with Crippen LogP contribution in [-0.2, 0) is 6.54 Å². The largest absolute Gasteiger partial charge is 0.359 e. The minimum Gasteiger partial charge on any atom is -0.359 e. The summed E-state index contributed by atoms with van der Waals surface area (Å²) >= 11 is 1.82. The highest BCUT2D eigenvalue weighted by Gasteiger charge is 2.29. The molecule has 0 aliphatic carbocycles. The maximum Gasteiger partial charge on any atom is 0.154 e. The molecule has 3 aromatic heterocycles. The molecule has 0 bridgehead atoms. The number of rotatable bonds is 4. The molecule has 0 aromatic carbocycles. The fraction of sp³-hybridized carbons (Fsp3) is 0.375. The summed E-state index contributed by atoms with van der Waals surface area (Å²) in [6, 6.07) is 8.80. The van der Waals surface area contributed by atoms with Gasteiger partial charge in [-0.05, 0) is 44.5 Å². The summed E-state index contributed by atoms with van der Waals surface area (Å²) in [5, 5.41) is 11.1. The molecule has 1 N–H and O–H groups in total. The Hall–Kier alpha value is -1.92. The molecule has 0 spiro atoms. The Kier molecular flexibility index (Phi) is 3.56. The average Bonchev–Trinajstić information content (AvgIpc) is 3.26. The summed E-state index contributed by atoms with van der Waals surface area (Å²) < 4.78 is 5.48. The van der Waals surface area contributed by atoms with Crippen molar-refractivity contribution in [1.82, 2.24) is 20.3 Å². The Morgan fingerprint density at radius 2 is 2.36 bits per heavy atom. The second-order valence-corrected chi connectivity index (χ2v) is 6.90. The van der Waals surface area contributed by atoms with Gasteiger partial charge >= 0.3 is 0 Å². The van der Waals surface area contributed by atoms with Gasteiger partial charge in [0, 0.05) is 23.7 Å². The standard InChI is InChI=1S/C16H18N4OS/c1-11-9-15(21-19-11)14-3-2-8-20(14)10-12-4-5-16(22-12)13-6-7-17-18-13/h4-7,9,14H,2-3,8,10H2,1H3,(H,17,18). The number of aryl methyl sites for hydroxylation is 1. The molecule has 1 atom stereocenters. The van der Waals surface area contributed by atoms with Crippen LogP contribution in [0.1, 0.15) is 35.2 Å². The number of aromatic amines is 1. The molecule has 3 aromatic rings. The van der Waals surface area contributed by atoms with Crippen molar-refractivity contribution in [3.05, 3.63) is 46.8 Å². The minimum absolute atomic E-state index is 0.360. The first-order valence-corrected chi connectivity index (χ1v) is 8.37. The number of likely N-dealkylation sites (tertiary alicyclic amines) is 1. The van der Waals surface area contributed by atoms with Crippen LogP contribution in [0.4, 0.5) is 0 Å². The van der Waals surface area contributed by atoms with E-state index < -0.39 is 0 Å². The molecule has 0 radical (unpaired) electrons. The molecule has 0 saturated carbocycles. The van der Waals surface area contributed by atoms with E-state index in [0.29, 0.717) is 6.04 Å². The summed E-state index contributed by atoms with van der Waals surface area (Å²) in [6.07, 6.45) is 4.15. The third-order valence-electron chi connectivity index (χ3n) is 4.13. The van der Waals surface area contributed by atoms with Crippen molar-refractivity contribution in [3.63, 3.8) is 0 Å². The summed E-state index contributed by atoms with van der Waals surface area (Å²) in [5.74, 6) is 1.00. The topological polar surface area (TPSA) is 58.0 Å². The van der Waals surface area contributed by atoms with Crippen molar-refractivity contribution < 1.29 is 4.52 Å². The van der Waals surface area contributed by atoms with E-state index in [9.17, 15) is 0 Å². The summed E-state index contributed by atoms with van der Waals surface area (Å²) in [4.78, 5) is 5.09. The molecule has 1 fully saturated rings. The summed E-state index contributed by atoms with van der Waals surface area (Å²) in [5.41, 5.74) is 2.04. The first-order chi connectivity index (χ1) is 10.8. The fourth-order valence-corrected chi connectivity index (χ4v) is 4.09. The van der Waals surface area contributed by atoms with Gasteiger partial charge in [-0.3, -0.25) is 10.00 Å². The molecule has 5 nitrogen and oxygen atoms in total. The van der Waals surface area contributed by atoms with E-state index in [2.05, 4.69) is 38.5 Å². The van der Waals surface area contributed by atoms with Gasteiger partial charge in [-0.15, -0.1) is 11.3 Å². The van der Waals surface area contributed by atoms with Gasteiger partial charge in [0.1, 0.15) is 0 Å². The predicted octanol–water partition coefficient (Wildman–Crippen LogP) is 3.77. The third-order valence-corrected chi connectivity index (χ3v) is 5.23. The van der Waals surface area contributed by atoms with E-state index in [1.807, 2.05) is 24.3 Å². The maximum atomic E-state index is 5.48. The van der Waals surface area contributed by atoms with Crippen molar-refractivity contribution >= 4 is 11.3 Å². The summed E-state index contributed by atoms with van der Waals surface area (Å²) in [6.45, 7) is 4.05. The fourth-order valence-electron chi connectivity index (χ4n) is 3.08. The molecule has 4 rings (SSSR count). The van der Waals surface area contributed by atoms with Crippen molar-refractivity contribution in [2.45, 2.75) is 32.4 Å². The minimum atomic E-state index is 0.360. The van der Waals surface area contributed by atoms with Crippen LogP contribution < -0.4 is 0 Å². The number of aromatic nitrogens is 3. The number of nitrogens with one attached hydrogen (secondary N) is 1. The number of nitrogens with zero attached hydrogens (tertiary/aromatic N) is 3. The molecule has 1 aliphatic heterocycles. The highest BCUT2D eigenvalue weighted by atomic mass is 32.1. The second kappa shape index (κ2) is 5.70. The van der Waals surface area contributed by atoms with E-state index >= 15 is 0 Å². The van der Waals surface area contributed by atoms with Gasteiger partial charge in [-0.2, -0.15) is 5.10 Å². The Morgan fingerprint density at radius 3 is 3.14 bits per heavy atom. The lowest BCUT2D eigenvalue weighted by atomic mass is 10.1. The number of hydrogen-bond acceptors (Lipinski definition) is 5. The summed E-state index contributed by atoms with van der Waals surface area (Å²) in [7, 11) is 0. The molecule has 1 aliphatic rings. The maximum absolute atomic E-state index is 5.48. The van der Waals surface area contributed by atoms with Crippen molar-refractivity contribution in [3.8, 4) is 10.6 Å². The number of hydrogen-bond donors (Lipinski definition) is 1. The SMILES string of the molecule is Cc1cc(C2CCCN2Cc2ccc(-c3ccn[nH]3)s2)on1. The van der Waals surface area contributed by atoms with Crippen LogP contribution in [-0.4, -0.2) is 26.8 Å². The first kappa shape index (κ1) is 13.7. The van der Waals surface area contributed by atoms with Gasteiger partial charge in [0.05, 0.1) is 22.3 Å². The van der Waals surface area contributed by atoms with Gasteiger partial charge < -0.3 is 4.52 Å². The second-order valence-electron chi connectivity index (χ2n) is 5.74. The average molecular weight is 314 g/mol. The van der Waals surface area contributed by atoms with Gasteiger partial charge in [0.25, 0.3) is 0 Å². The smallest absolute Gasteiger partial charge is 0.154 e. The highest BCUT2D eigenvalue weighted by molar-refractivity contribution is 7.15. The van der Waals surface area contributed by atoms with E-state index in [4.69, 9.17) is 4.52 Å². The molecule has 1 unspecified atom stereocenters. The number of H-pyrrole nitrogens is 1. The van der Waals surface area contributed by atoms with Gasteiger partial charge in [0.15, 0.2) is 5.76 Å². The lowest BCUT2D eigenvalue weighted by Crippen LogP contribution is -2.21. The monoisotopic (exact) mass is 314 g/mol. The molecule has 0 amide bonds. The van der Waals surface area contributed by atoms with Crippen molar-refractivity contribution in [1.29, 1.82) is 0 Å². The molecular weight excluding hydrogens is 296 g/mol. The van der Waals surface area contributed by atoms with E-state index in [1.54, 1.807) is 6.20 Å². The Labute approximate surface area is 132 Å². The van der Waals surface area contributed by atoms with Crippen molar-refractivity contribution in [2.24, 2.45) is 0 Å². The van der Waals surface area contributed by atoms with Crippen molar-refractivity contribution in [2.75, 3.05) is 6.54 Å². The quantitative estimate of drug-likeness (QED) is 0.796. The van der Waals surface area contributed by atoms with Gasteiger partial charge in [0.2, 0.25) is 0 Å². The molecular formula is C16H18N4OS. The van der Waals surface area contributed by atoms with Crippen LogP contribution in [0.5, 0.6) is 0 Å². The molecule has 4 heterocycles. The van der Waals surface area contributed by atoms with Crippen LogP contribution in [0.3, 0.4) is 0 Å². The molecule has 6 heteroatoms. The number of thiophene rings is 1. The van der Waals surface area contributed by atoms with Crippen LogP contribution in [0.2, 0.25) is 0 Å². The van der Waals surface area contributed by atoms with Gasteiger partial charge in [-0.25, -0.2) is 0 Å². The highest BCUT2D eigenvalue weighted by Crippen LogP contribution is 2.35. The zero-order valence-corrected chi connectivity index (χ0v) is 13.3. The van der Waals surface area contributed by atoms with E-state index in [-0.39, 0.29) is 0 Å². The molecule has 1 saturated heterocycles. The lowest BCUT2D eigenvalue weighted by molar-refractivity contribution is 0.208.